The molecular weight excluding hydrogens is 316 g/mol. The number of allylic oxidation sites excluding steroid dienone is 1. The first-order valence-electron chi connectivity index (χ1n) is 8.39. The van der Waals surface area contributed by atoms with Crippen molar-refractivity contribution in [2.45, 2.75) is 64.3 Å². The van der Waals surface area contributed by atoms with E-state index in [0.29, 0.717) is 18.8 Å². The largest absolute Gasteiger partial charge is 0.444 e. The molecule has 2 aliphatic heterocycles. The average Bonchev–Trinajstić information content (AvgIpc) is 2.44. The number of halogens is 2. The van der Waals surface area contributed by atoms with Crippen LogP contribution in [0, 0.1) is 0 Å². The molecule has 1 amide bonds. The first-order chi connectivity index (χ1) is 11.1. The Morgan fingerprint density at radius 3 is 2.62 bits per heavy atom. The summed E-state index contributed by atoms with van der Waals surface area (Å²) in [5, 5.41) is 3.27. The van der Waals surface area contributed by atoms with E-state index < -0.39 is 17.1 Å². The van der Waals surface area contributed by atoms with Gasteiger partial charge in [-0.1, -0.05) is 0 Å². The average molecular weight is 343 g/mol. The number of piperidine rings is 1. The Balaban J connectivity index is 1.79. The number of likely N-dealkylation sites (tertiary alicyclic amines) is 1. The summed E-state index contributed by atoms with van der Waals surface area (Å²) < 4.78 is 32.8. The van der Waals surface area contributed by atoms with E-state index in [2.05, 4.69) is 10.3 Å². The highest BCUT2D eigenvalue weighted by molar-refractivity contribution is 5.95. The third-order valence-electron chi connectivity index (χ3n) is 4.17. The van der Waals surface area contributed by atoms with E-state index in [9.17, 15) is 13.6 Å². The first-order valence-corrected chi connectivity index (χ1v) is 8.39. The maximum atomic E-state index is 14.3. The minimum Gasteiger partial charge on any atom is -0.444 e. The van der Waals surface area contributed by atoms with Gasteiger partial charge in [0.15, 0.2) is 5.67 Å². The highest BCUT2D eigenvalue weighted by Gasteiger charge is 2.34. The molecule has 0 radical (unpaired) electrons. The van der Waals surface area contributed by atoms with E-state index in [0.717, 1.165) is 19.0 Å². The van der Waals surface area contributed by atoms with Crippen LogP contribution in [0.3, 0.4) is 0 Å². The van der Waals surface area contributed by atoms with Crippen molar-refractivity contribution in [3.05, 3.63) is 12.0 Å². The third kappa shape index (κ3) is 5.26. The number of carbonyl (C=O) groups is 1. The standard InChI is InChI=1S/C17H27F2N3O2/c1-16(2,3)24-15(23)22-7-5-13(6-8-22)20-11-14-17(4,19)9-12(18)10-21-14/h10,13,20H,5-9,11H2,1-4H3. The van der Waals surface area contributed by atoms with E-state index in [1.54, 1.807) is 4.90 Å². The number of aliphatic imine (C=N–C) groups is 1. The van der Waals surface area contributed by atoms with Crippen LogP contribution in [0.5, 0.6) is 0 Å². The summed E-state index contributed by atoms with van der Waals surface area (Å²) in [5.41, 5.74) is -1.93. The molecule has 0 aliphatic carbocycles. The lowest BCUT2D eigenvalue weighted by atomic mass is 9.94. The molecule has 0 bridgehead atoms. The Morgan fingerprint density at radius 2 is 2.08 bits per heavy atom. The zero-order valence-corrected chi connectivity index (χ0v) is 14.9. The quantitative estimate of drug-likeness (QED) is 0.855. The number of carbonyl (C=O) groups excluding carboxylic acids is 1. The highest BCUT2D eigenvalue weighted by atomic mass is 19.1. The second-order valence-electron chi connectivity index (χ2n) is 7.65. The Morgan fingerprint density at radius 1 is 1.46 bits per heavy atom. The molecule has 136 valence electrons. The molecule has 0 spiro atoms. The fourth-order valence-corrected chi connectivity index (χ4v) is 2.81. The van der Waals surface area contributed by atoms with Gasteiger partial charge in [0, 0.05) is 32.1 Å². The molecule has 0 aromatic carbocycles. The van der Waals surface area contributed by atoms with Gasteiger partial charge in [0.25, 0.3) is 0 Å². The van der Waals surface area contributed by atoms with Gasteiger partial charge in [-0.25, -0.2) is 13.6 Å². The van der Waals surface area contributed by atoms with Crippen LogP contribution in [0.4, 0.5) is 13.6 Å². The van der Waals surface area contributed by atoms with Gasteiger partial charge in [0.1, 0.15) is 11.4 Å². The molecule has 1 unspecified atom stereocenters. The Hall–Kier alpha value is -1.50. The van der Waals surface area contributed by atoms with E-state index in [1.165, 1.54) is 6.92 Å². The SMILES string of the molecule is CC(C)(C)OC(=O)N1CCC(NCC2=NC=C(F)CC2(C)F)CC1. The lowest BCUT2D eigenvalue weighted by Crippen LogP contribution is -2.49. The molecule has 2 heterocycles. The highest BCUT2D eigenvalue weighted by Crippen LogP contribution is 2.27. The van der Waals surface area contributed by atoms with Crippen molar-refractivity contribution in [2.75, 3.05) is 19.6 Å². The molecule has 2 rings (SSSR count). The first kappa shape index (κ1) is 18.8. The fourth-order valence-electron chi connectivity index (χ4n) is 2.81. The number of hydrogen-bond donors (Lipinski definition) is 1. The van der Waals surface area contributed by atoms with Crippen LogP contribution in [-0.4, -0.2) is 53.7 Å². The normalized spacial score (nSPS) is 26.0. The Bertz CT molecular complexity index is 530. The summed E-state index contributed by atoms with van der Waals surface area (Å²) >= 11 is 0. The predicted molar refractivity (Wildman–Crippen MR) is 89.6 cm³/mol. The number of rotatable bonds is 3. The molecule has 0 aromatic heterocycles. The number of alkyl halides is 1. The fraction of sp³-hybridized carbons (Fsp3) is 0.765. The van der Waals surface area contributed by atoms with E-state index in [1.807, 2.05) is 20.8 Å². The maximum Gasteiger partial charge on any atom is 0.410 e. The molecule has 1 atom stereocenters. The maximum absolute atomic E-state index is 14.3. The van der Waals surface area contributed by atoms with Crippen LogP contribution in [-0.2, 0) is 4.74 Å². The van der Waals surface area contributed by atoms with Gasteiger partial charge >= 0.3 is 6.09 Å². The third-order valence-corrected chi connectivity index (χ3v) is 4.17. The van der Waals surface area contributed by atoms with Crippen LogP contribution < -0.4 is 5.32 Å². The zero-order chi connectivity index (χ0) is 18.0. The summed E-state index contributed by atoms with van der Waals surface area (Å²) in [4.78, 5) is 17.6. The summed E-state index contributed by atoms with van der Waals surface area (Å²) in [6, 6.07) is 0.179. The second-order valence-corrected chi connectivity index (χ2v) is 7.65. The van der Waals surface area contributed by atoms with Crippen molar-refractivity contribution in [2.24, 2.45) is 4.99 Å². The minimum absolute atomic E-state index is 0.179. The van der Waals surface area contributed by atoms with Crippen LogP contribution in [0.25, 0.3) is 0 Å². The molecule has 24 heavy (non-hydrogen) atoms. The van der Waals surface area contributed by atoms with Gasteiger partial charge in [0.05, 0.1) is 11.9 Å². The van der Waals surface area contributed by atoms with Crippen LogP contribution >= 0.6 is 0 Å². The van der Waals surface area contributed by atoms with Gasteiger partial charge in [-0.3, -0.25) is 4.99 Å². The topological polar surface area (TPSA) is 53.9 Å². The number of amides is 1. The summed E-state index contributed by atoms with van der Waals surface area (Å²) in [6.07, 6.45) is 2.06. The van der Waals surface area contributed by atoms with E-state index in [4.69, 9.17) is 4.74 Å². The second kappa shape index (κ2) is 7.17. The Kier molecular flexibility index (Phi) is 5.63. The van der Waals surface area contributed by atoms with Gasteiger partial charge in [-0.05, 0) is 40.5 Å². The van der Waals surface area contributed by atoms with Crippen molar-refractivity contribution in [3.8, 4) is 0 Å². The number of ether oxygens (including phenoxy) is 1. The summed E-state index contributed by atoms with van der Waals surface area (Å²) in [6.45, 7) is 8.36. The van der Waals surface area contributed by atoms with Gasteiger partial charge in [0.2, 0.25) is 0 Å². The lowest BCUT2D eigenvalue weighted by molar-refractivity contribution is 0.0199. The molecule has 1 fully saturated rings. The molecule has 0 aromatic rings. The van der Waals surface area contributed by atoms with E-state index >= 15 is 0 Å². The van der Waals surface area contributed by atoms with Crippen LogP contribution in [0.1, 0.15) is 47.0 Å². The van der Waals surface area contributed by atoms with E-state index in [-0.39, 0.29) is 25.1 Å². The molecule has 5 nitrogen and oxygen atoms in total. The van der Waals surface area contributed by atoms with Gasteiger partial charge < -0.3 is 15.0 Å². The summed E-state index contributed by atoms with van der Waals surface area (Å²) in [7, 11) is 0. The zero-order valence-electron chi connectivity index (χ0n) is 14.9. The van der Waals surface area contributed by atoms with Crippen molar-refractivity contribution in [1.82, 2.24) is 10.2 Å². The van der Waals surface area contributed by atoms with Gasteiger partial charge in [-0.15, -0.1) is 0 Å². The molecular formula is C17H27F2N3O2. The van der Waals surface area contributed by atoms with Crippen LogP contribution in [0.15, 0.2) is 17.0 Å². The number of nitrogens with zero attached hydrogens (tertiary/aromatic N) is 2. The predicted octanol–water partition coefficient (Wildman–Crippen LogP) is 3.36. The van der Waals surface area contributed by atoms with Crippen molar-refractivity contribution < 1.29 is 18.3 Å². The minimum atomic E-state index is -1.75. The number of nitrogens with one attached hydrogen (secondary N) is 1. The number of hydrogen-bond acceptors (Lipinski definition) is 4. The van der Waals surface area contributed by atoms with Crippen LogP contribution in [0.2, 0.25) is 0 Å². The smallest absolute Gasteiger partial charge is 0.410 e. The summed E-state index contributed by atoms with van der Waals surface area (Å²) in [5.74, 6) is -0.533. The van der Waals surface area contributed by atoms with Gasteiger partial charge in [-0.2, -0.15) is 0 Å². The lowest BCUT2D eigenvalue weighted by Gasteiger charge is -2.34. The Labute approximate surface area is 142 Å². The monoisotopic (exact) mass is 343 g/mol. The molecule has 0 saturated carbocycles. The molecule has 7 heteroatoms. The van der Waals surface area contributed by atoms with Crippen molar-refractivity contribution in [1.29, 1.82) is 0 Å². The van der Waals surface area contributed by atoms with Crippen molar-refractivity contribution >= 4 is 11.8 Å². The molecule has 2 aliphatic rings. The molecule has 1 N–H and O–H groups in total. The molecule has 1 saturated heterocycles. The van der Waals surface area contributed by atoms with Crippen molar-refractivity contribution in [3.63, 3.8) is 0 Å².